The second-order valence-electron chi connectivity index (χ2n) is 35.4. The summed E-state index contributed by atoms with van der Waals surface area (Å²) < 4.78 is 0. The van der Waals surface area contributed by atoms with E-state index in [-0.39, 0.29) is 10.8 Å². The molecule has 0 aliphatic heterocycles. The molecule has 606 valence electrons. The summed E-state index contributed by atoms with van der Waals surface area (Å²) in [5.41, 5.74) is 43.9. The van der Waals surface area contributed by atoms with E-state index < -0.39 is 0 Å². The molecule has 2 saturated carbocycles. The quantitative estimate of drug-likeness (QED) is 0.0839. The van der Waals surface area contributed by atoms with Gasteiger partial charge in [-0.2, -0.15) is 0 Å². The molecule has 0 radical (unpaired) electrons. The van der Waals surface area contributed by atoms with Crippen molar-refractivity contribution in [3.8, 4) is 145 Å². The van der Waals surface area contributed by atoms with Crippen molar-refractivity contribution in [2.75, 3.05) is 9.80 Å². The number of anilines is 6. The standard InChI is InChI=1S/C126H92N2/c1-4-32-85(33-5-1)86-58-60-91(61-59-86)116-82-94(68-77-124(116)128(96-71-64-88(65-72-96)93-67-74-112-110-47-19-23-54-118(110)126(120(112)84-93)80-28-29-81-126)122-56-25-21-49-114(122)106-45-17-15-43-103(106)101-41-13-11-39-98(101)90-36-8-3-9-37-90)99-50-30-51-104-107-52-31-57-123(115(107)76-75-108(99)104)127(95-69-62-87(63-70-95)92-66-73-111-109-46-18-22-53-117(109)125(119(111)83-92)78-26-27-79-125)121-55-24-20-48-113(121)105-44-16-14-42-102(105)100-40-12-10-38-97(100)89-34-6-2-7-35-89/h1-25,30-77,82-84H,26-29,78-81H2. The minimum absolute atomic E-state index is 0.0559. The molecule has 0 saturated heterocycles. The lowest BCUT2D eigenvalue weighted by Crippen LogP contribution is -2.20. The molecular formula is C126H92N2. The van der Waals surface area contributed by atoms with E-state index >= 15 is 0 Å². The highest BCUT2D eigenvalue weighted by molar-refractivity contribution is 6.17. The highest BCUT2D eigenvalue weighted by Crippen LogP contribution is 2.61. The van der Waals surface area contributed by atoms with E-state index in [2.05, 4.69) is 471 Å². The van der Waals surface area contributed by atoms with E-state index in [1.165, 1.54) is 190 Å². The first-order chi connectivity index (χ1) is 63.5. The fourth-order valence-electron chi connectivity index (χ4n) is 22.8. The Morgan fingerprint density at radius 1 is 0.141 bits per heavy atom. The first kappa shape index (κ1) is 76.2. The van der Waals surface area contributed by atoms with Gasteiger partial charge in [0, 0.05) is 44.3 Å². The van der Waals surface area contributed by atoms with E-state index in [0.717, 1.165) is 84.0 Å². The SMILES string of the molecule is c1ccc(-c2ccc(-c3cc(-c4cccc5c4ccc4c(N(c6ccc(-c7ccc8c(c7)C7(CCCC7)c7ccccc7-8)cc6)c6ccccc6-c6ccccc6-c6ccccc6-c6ccccc6)cccc45)ccc3N(c3ccc(-c4ccc5c(c4)C4(CCCC4)c4ccccc4-5)cc3)c3ccccc3-c3ccccc3-c3ccccc3-c3ccccc3)cc2)cc1. The number of nitrogens with zero attached hydrogens (tertiary/aromatic N) is 2. The Balaban J connectivity index is 0.672. The summed E-state index contributed by atoms with van der Waals surface area (Å²) in [6.45, 7) is 0. The van der Waals surface area contributed by atoms with Crippen molar-refractivity contribution < 1.29 is 0 Å². The van der Waals surface area contributed by atoms with E-state index in [4.69, 9.17) is 0 Å². The third-order valence-electron chi connectivity index (χ3n) is 28.7. The fourth-order valence-corrected chi connectivity index (χ4v) is 22.8. The molecule has 2 nitrogen and oxygen atoms in total. The zero-order valence-electron chi connectivity index (χ0n) is 71.4. The molecule has 0 atom stereocenters. The van der Waals surface area contributed by atoms with Crippen molar-refractivity contribution in [3.05, 3.63) is 483 Å². The van der Waals surface area contributed by atoms with Gasteiger partial charge in [0.15, 0.2) is 0 Å². The maximum atomic E-state index is 2.55. The first-order valence-electron chi connectivity index (χ1n) is 45.7. The van der Waals surface area contributed by atoms with Gasteiger partial charge in [-0.1, -0.05) is 420 Å². The number of fused-ring (bicyclic) bond motifs is 13. The molecule has 24 rings (SSSR count). The number of hydrogen-bond donors (Lipinski definition) is 0. The molecule has 4 aliphatic rings. The first-order valence-corrected chi connectivity index (χ1v) is 45.7. The summed E-state index contributed by atoms with van der Waals surface area (Å²) in [6.07, 6.45) is 9.77. The van der Waals surface area contributed by atoms with Crippen LogP contribution in [0.3, 0.4) is 0 Å². The molecule has 20 aromatic carbocycles. The number of rotatable bonds is 17. The third kappa shape index (κ3) is 12.9. The monoisotopic (exact) mass is 1630 g/mol. The van der Waals surface area contributed by atoms with E-state index in [0.29, 0.717) is 0 Å². The minimum Gasteiger partial charge on any atom is -0.309 e. The molecular weight excluding hydrogens is 1540 g/mol. The maximum absolute atomic E-state index is 2.55. The second-order valence-corrected chi connectivity index (χ2v) is 35.4. The van der Waals surface area contributed by atoms with Crippen molar-refractivity contribution in [3.63, 3.8) is 0 Å². The Hall–Kier alpha value is -15.5. The normalized spacial score (nSPS) is 13.7. The molecule has 20 aromatic rings. The molecule has 2 spiro atoms. The van der Waals surface area contributed by atoms with Crippen molar-refractivity contribution >= 4 is 55.7 Å². The molecule has 0 amide bonds. The molecule has 2 fully saturated rings. The van der Waals surface area contributed by atoms with Crippen LogP contribution < -0.4 is 9.80 Å². The highest BCUT2D eigenvalue weighted by atomic mass is 15.2. The summed E-state index contributed by atoms with van der Waals surface area (Å²) in [6, 6.07) is 174. The topological polar surface area (TPSA) is 6.48 Å². The zero-order valence-corrected chi connectivity index (χ0v) is 71.4. The van der Waals surface area contributed by atoms with Crippen molar-refractivity contribution in [1.82, 2.24) is 0 Å². The highest BCUT2D eigenvalue weighted by Gasteiger charge is 2.47. The predicted molar refractivity (Wildman–Crippen MR) is 540 cm³/mol. The summed E-state index contributed by atoms with van der Waals surface area (Å²) in [5, 5.41) is 4.68. The average molecular weight is 1630 g/mol. The van der Waals surface area contributed by atoms with Gasteiger partial charge in [0.05, 0.1) is 22.7 Å². The van der Waals surface area contributed by atoms with Crippen LogP contribution in [-0.4, -0.2) is 0 Å². The Kier molecular flexibility index (Phi) is 19.0. The van der Waals surface area contributed by atoms with Crippen LogP contribution in [0.25, 0.3) is 166 Å². The molecule has 0 unspecified atom stereocenters. The van der Waals surface area contributed by atoms with Crippen LogP contribution in [0, 0.1) is 0 Å². The molecule has 0 aromatic heterocycles. The third-order valence-corrected chi connectivity index (χ3v) is 28.7. The second kappa shape index (κ2) is 31.9. The van der Waals surface area contributed by atoms with Gasteiger partial charge in [-0.15, -0.1) is 0 Å². The van der Waals surface area contributed by atoms with Gasteiger partial charge < -0.3 is 9.80 Å². The Labute approximate surface area is 750 Å². The Morgan fingerprint density at radius 2 is 0.430 bits per heavy atom. The van der Waals surface area contributed by atoms with E-state index in [9.17, 15) is 0 Å². The number of para-hydroxylation sites is 2. The lowest BCUT2D eigenvalue weighted by Gasteiger charge is -2.31. The van der Waals surface area contributed by atoms with Crippen LogP contribution in [0.5, 0.6) is 0 Å². The molecule has 4 aliphatic carbocycles. The summed E-state index contributed by atoms with van der Waals surface area (Å²) >= 11 is 0. The largest absolute Gasteiger partial charge is 0.309 e. The Bertz CT molecular complexity index is 7660. The lowest BCUT2D eigenvalue weighted by atomic mass is 9.76. The summed E-state index contributed by atoms with van der Waals surface area (Å²) in [7, 11) is 0. The molecule has 0 N–H and O–H groups in total. The van der Waals surface area contributed by atoms with Crippen LogP contribution in [0.1, 0.15) is 73.6 Å². The minimum atomic E-state index is 0.0559. The number of hydrogen-bond acceptors (Lipinski definition) is 2. The van der Waals surface area contributed by atoms with Gasteiger partial charge in [0.2, 0.25) is 0 Å². The van der Waals surface area contributed by atoms with Gasteiger partial charge in [-0.3, -0.25) is 0 Å². The Morgan fingerprint density at radius 3 is 0.906 bits per heavy atom. The smallest absolute Gasteiger partial charge is 0.0540 e. The maximum Gasteiger partial charge on any atom is 0.0540 e. The zero-order chi connectivity index (χ0) is 84.6. The van der Waals surface area contributed by atoms with Gasteiger partial charge in [-0.05, 0) is 259 Å². The van der Waals surface area contributed by atoms with Crippen LogP contribution in [0.4, 0.5) is 34.1 Å². The van der Waals surface area contributed by atoms with Gasteiger partial charge in [0.25, 0.3) is 0 Å². The predicted octanol–water partition coefficient (Wildman–Crippen LogP) is 35.0. The van der Waals surface area contributed by atoms with Crippen molar-refractivity contribution in [2.24, 2.45) is 0 Å². The van der Waals surface area contributed by atoms with Gasteiger partial charge in [0.1, 0.15) is 0 Å². The van der Waals surface area contributed by atoms with Crippen LogP contribution in [0.15, 0.2) is 461 Å². The van der Waals surface area contributed by atoms with Crippen molar-refractivity contribution in [1.29, 1.82) is 0 Å². The summed E-state index contributed by atoms with van der Waals surface area (Å²) in [4.78, 5) is 5.08. The molecule has 128 heavy (non-hydrogen) atoms. The van der Waals surface area contributed by atoms with E-state index in [1.54, 1.807) is 0 Å². The fraction of sp³-hybridized carbons (Fsp3) is 0.0794. The van der Waals surface area contributed by atoms with Crippen molar-refractivity contribution in [2.45, 2.75) is 62.2 Å². The number of benzene rings is 20. The van der Waals surface area contributed by atoms with Crippen LogP contribution in [0.2, 0.25) is 0 Å². The lowest BCUT2D eigenvalue weighted by molar-refractivity contribution is 0.550. The molecule has 0 heterocycles. The van der Waals surface area contributed by atoms with Gasteiger partial charge >= 0.3 is 0 Å². The van der Waals surface area contributed by atoms with Crippen LogP contribution >= 0.6 is 0 Å². The van der Waals surface area contributed by atoms with Gasteiger partial charge in [-0.25, -0.2) is 0 Å². The average Bonchev–Trinajstić information content (AvgIpc) is 1.60. The molecule has 0 bridgehead atoms. The van der Waals surface area contributed by atoms with E-state index in [1.807, 2.05) is 0 Å². The van der Waals surface area contributed by atoms with Crippen LogP contribution in [-0.2, 0) is 10.8 Å². The summed E-state index contributed by atoms with van der Waals surface area (Å²) in [5.74, 6) is 0. The molecule has 2 heteroatoms.